The normalized spacial score (nSPS) is 31.9. The van der Waals surface area contributed by atoms with Crippen molar-refractivity contribution in [2.24, 2.45) is 23.7 Å². The standard InChI is InChI=1S/C31H45ClFN3O3/c1-20-9-10-24(36(18-20)23-7-5-3-2-4-6-8-23)17-34-31(38)26-16-29(22-13-21(26)14-22)35-30(37)19-39-25-11-12-27(32)28(33)15-25/h11-12,15,20-24,26,29H,2-10,13-14,16-19H2,1H3,(H,34,38)(H,35,37)/t20?,21?,22?,24?,26?,29-/m0/s1. The van der Waals surface area contributed by atoms with E-state index in [9.17, 15) is 14.0 Å². The fraction of sp³-hybridized carbons (Fsp3) is 0.742. The summed E-state index contributed by atoms with van der Waals surface area (Å²) in [5.74, 6) is 1.11. The number of carbonyl (C=O) groups excluding carboxylic acids is 2. The monoisotopic (exact) mass is 561 g/mol. The number of carbonyl (C=O) groups is 2. The van der Waals surface area contributed by atoms with Crippen LogP contribution in [0.5, 0.6) is 5.75 Å². The first-order valence-electron chi connectivity index (χ1n) is 15.3. The number of hydrogen-bond donors (Lipinski definition) is 2. The number of ether oxygens (including phenoxy) is 1. The van der Waals surface area contributed by atoms with Crippen molar-refractivity contribution in [3.8, 4) is 5.75 Å². The Bertz CT molecular complexity index is 995. The van der Waals surface area contributed by atoms with Crippen LogP contribution < -0.4 is 15.4 Å². The van der Waals surface area contributed by atoms with Crippen molar-refractivity contribution < 1.29 is 18.7 Å². The van der Waals surface area contributed by atoms with Gasteiger partial charge in [-0.1, -0.05) is 50.6 Å². The van der Waals surface area contributed by atoms with E-state index in [1.54, 1.807) is 6.07 Å². The zero-order chi connectivity index (χ0) is 27.4. The van der Waals surface area contributed by atoms with Gasteiger partial charge in [0.15, 0.2) is 6.61 Å². The molecule has 1 saturated heterocycles. The quantitative estimate of drug-likeness (QED) is 0.426. The van der Waals surface area contributed by atoms with E-state index in [1.165, 1.54) is 63.5 Å². The van der Waals surface area contributed by atoms with Gasteiger partial charge in [-0.15, -0.1) is 0 Å². The molecule has 5 aliphatic rings. The lowest BCUT2D eigenvalue weighted by Crippen LogP contribution is -2.58. The fourth-order valence-corrected chi connectivity index (χ4v) is 7.63. The van der Waals surface area contributed by atoms with Gasteiger partial charge in [-0.2, -0.15) is 0 Å². The Kier molecular flexibility index (Phi) is 9.70. The van der Waals surface area contributed by atoms with E-state index in [2.05, 4.69) is 22.5 Å². The maximum absolute atomic E-state index is 13.6. The van der Waals surface area contributed by atoms with Gasteiger partial charge >= 0.3 is 0 Å². The number of piperidine rings is 1. The van der Waals surface area contributed by atoms with E-state index in [4.69, 9.17) is 16.3 Å². The topological polar surface area (TPSA) is 70.7 Å². The van der Waals surface area contributed by atoms with Crippen LogP contribution in [0.4, 0.5) is 4.39 Å². The number of nitrogens with one attached hydrogen (secondary N) is 2. The van der Waals surface area contributed by atoms with Crippen LogP contribution in [0.1, 0.15) is 84.0 Å². The molecule has 4 saturated carbocycles. The maximum Gasteiger partial charge on any atom is 0.258 e. The molecule has 4 atom stereocenters. The molecule has 6 nitrogen and oxygen atoms in total. The van der Waals surface area contributed by atoms with Crippen LogP contribution in [0.15, 0.2) is 18.2 Å². The molecule has 6 rings (SSSR count). The third-order valence-corrected chi connectivity index (χ3v) is 10.1. The fourth-order valence-electron chi connectivity index (χ4n) is 7.51. The zero-order valence-corrected chi connectivity index (χ0v) is 24.1. The lowest BCUT2D eigenvalue weighted by atomic mass is 9.57. The Morgan fingerprint density at radius 3 is 2.51 bits per heavy atom. The minimum Gasteiger partial charge on any atom is -0.484 e. The average Bonchev–Trinajstić information content (AvgIpc) is 2.87. The summed E-state index contributed by atoms with van der Waals surface area (Å²) in [6, 6.07) is 5.19. The third kappa shape index (κ3) is 7.27. The van der Waals surface area contributed by atoms with Crippen molar-refractivity contribution >= 4 is 23.4 Å². The minimum atomic E-state index is -0.577. The number of nitrogens with zero attached hydrogens (tertiary/aromatic N) is 1. The highest BCUT2D eigenvalue weighted by atomic mass is 35.5. The second kappa shape index (κ2) is 13.2. The number of likely N-dealkylation sites (tertiary alicyclic amines) is 1. The first kappa shape index (κ1) is 28.7. The smallest absolute Gasteiger partial charge is 0.258 e. The van der Waals surface area contributed by atoms with Crippen LogP contribution in [0.25, 0.3) is 0 Å². The molecule has 216 valence electrons. The maximum atomic E-state index is 13.6. The highest BCUT2D eigenvalue weighted by Gasteiger charge is 2.49. The number of benzene rings is 1. The Morgan fingerprint density at radius 2 is 1.77 bits per heavy atom. The summed E-state index contributed by atoms with van der Waals surface area (Å²) in [6.07, 6.45) is 14.4. The lowest BCUT2D eigenvalue weighted by Gasteiger charge is -2.51. The highest BCUT2D eigenvalue weighted by Crippen LogP contribution is 2.49. The molecular formula is C31H45ClFN3O3. The Labute approximate surface area is 237 Å². The molecule has 1 aliphatic heterocycles. The summed E-state index contributed by atoms with van der Waals surface area (Å²) >= 11 is 5.71. The molecule has 39 heavy (non-hydrogen) atoms. The molecule has 1 aromatic carbocycles. The largest absolute Gasteiger partial charge is 0.484 e. The Balaban J connectivity index is 1.11. The molecule has 1 heterocycles. The SMILES string of the molecule is CC1CCC(CNC(=O)C2C[C@H](NC(=O)COc3ccc(Cl)c(F)c3)C3CC2C3)N(C2CCCCCCC2)C1. The number of halogens is 2. The summed E-state index contributed by atoms with van der Waals surface area (Å²) in [5.41, 5.74) is 0. The molecular weight excluding hydrogens is 517 g/mol. The molecule has 2 amide bonds. The summed E-state index contributed by atoms with van der Waals surface area (Å²) in [7, 11) is 0. The summed E-state index contributed by atoms with van der Waals surface area (Å²) in [5, 5.41) is 6.46. The zero-order valence-electron chi connectivity index (χ0n) is 23.3. The Hall–Kier alpha value is -1.86. The first-order chi connectivity index (χ1) is 18.9. The molecule has 4 aliphatic carbocycles. The summed E-state index contributed by atoms with van der Waals surface area (Å²) < 4.78 is 19.1. The van der Waals surface area contributed by atoms with Crippen LogP contribution >= 0.6 is 11.6 Å². The average molecular weight is 562 g/mol. The predicted octanol–water partition coefficient (Wildman–Crippen LogP) is 5.72. The van der Waals surface area contributed by atoms with Gasteiger partial charge in [-0.3, -0.25) is 14.5 Å². The third-order valence-electron chi connectivity index (χ3n) is 9.84. The minimum absolute atomic E-state index is 0.0171. The lowest BCUT2D eigenvalue weighted by molar-refractivity contribution is -0.136. The van der Waals surface area contributed by atoms with Crippen molar-refractivity contribution in [1.82, 2.24) is 15.5 Å². The van der Waals surface area contributed by atoms with Crippen molar-refractivity contribution in [3.63, 3.8) is 0 Å². The first-order valence-corrected chi connectivity index (χ1v) is 15.7. The van der Waals surface area contributed by atoms with Crippen molar-refractivity contribution in [2.75, 3.05) is 19.7 Å². The molecule has 2 bridgehead atoms. The van der Waals surface area contributed by atoms with E-state index in [0.29, 0.717) is 30.3 Å². The van der Waals surface area contributed by atoms with Crippen LogP contribution in [-0.4, -0.2) is 54.5 Å². The second-order valence-corrected chi connectivity index (χ2v) is 13.1. The van der Waals surface area contributed by atoms with Gasteiger partial charge in [0.2, 0.25) is 5.91 Å². The van der Waals surface area contributed by atoms with E-state index in [1.807, 2.05) is 0 Å². The molecule has 2 N–H and O–H groups in total. The molecule has 0 aromatic heterocycles. The van der Waals surface area contributed by atoms with E-state index in [-0.39, 0.29) is 41.2 Å². The van der Waals surface area contributed by atoms with Crippen LogP contribution in [0.3, 0.4) is 0 Å². The van der Waals surface area contributed by atoms with Gasteiger partial charge in [0.25, 0.3) is 5.91 Å². The van der Waals surface area contributed by atoms with Gasteiger partial charge < -0.3 is 15.4 Å². The van der Waals surface area contributed by atoms with Crippen LogP contribution in [-0.2, 0) is 9.59 Å². The van der Waals surface area contributed by atoms with Crippen LogP contribution in [0, 0.1) is 29.5 Å². The van der Waals surface area contributed by atoms with Gasteiger partial charge in [0.1, 0.15) is 11.6 Å². The van der Waals surface area contributed by atoms with E-state index in [0.717, 1.165) is 38.3 Å². The highest BCUT2D eigenvalue weighted by molar-refractivity contribution is 6.30. The number of hydrogen-bond acceptors (Lipinski definition) is 4. The predicted molar refractivity (Wildman–Crippen MR) is 151 cm³/mol. The Morgan fingerprint density at radius 1 is 1.03 bits per heavy atom. The van der Waals surface area contributed by atoms with Crippen molar-refractivity contribution in [2.45, 2.75) is 102 Å². The molecule has 5 fully saturated rings. The molecule has 1 aromatic rings. The number of amides is 2. The van der Waals surface area contributed by atoms with E-state index < -0.39 is 5.82 Å². The molecule has 0 spiro atoms. The van der Waals surface area contributed by atoms with Gasteiger partial charge in [-0.25, -0.2) is 4.39 Å². The second-order valence-electron chi connectivity index (χ2n) is 12.6. The van der Waals surface area contributed by atoms with E-state index >= 15 is 0 Å². The summed E-state index contributed by atoms with van der Waals surface area (Å²) in [6.45, 7) is 4.06. The van der Waals surface area contributed by atoms with Gasteiger partial charge in [0, 0.05) is 43.2 Å². The van der Waals surface area contributed by atoms with Crippen molar-refractivity contribution in [1.29, 1.82) is 0 Å². The molecule has 0 radical (unpaired) electrons. The summed E-state index contributed by atoms with van der Waals surface area (Å²) in [4.78, 5) is 28.8. The van der Waals surface area contributed by atoms with Gasteiger partial charge in [0.05, 0.1) is 5.02 Å². The molecule has 3 unspecified atom stereocenters. The van der Waals surface area contributed by atoms with Crippen LogP contribution in [0.2, 0.25) is 5.02 Å². The molecule has 8 heteroatoms. The number of fused-ring (bicyclic) bond motifs is 2. The van der Waals surface area contributed by atoms with Crippen molar-refractivity contribution in [3.05, 3.63) is 29.0 Å². The number of rotatable bonds is 8. The van der Waals surface area contributed by atoms with Gasteiger partial charge in [-0.05, 0) is 74.8 Å².